The standard InChI is InChI=1S/C69H120O6/c1-4-7-10-13-16-19-22-24-26-28-30-32-33-34-35-37-38-40-42-44-47-50-53-56-59-62-68(71)74-65-66(64-73-67(70)61-58-55-52-49-46-21-18-15-12-9-6-3)75-69(72)63-60-57-54-51-48-45-43-41-39-36-31-29-27-25-23-20-17-14-11-8-5-2/h8,11,15,17-18,20,25,27-28,30-31,36,41,43,66H,4-7,9-10,12-14,16,19,21-24,26,29,32-35,37-40,42,44-65H2,1-3H3/b11-8-,18-15-,20-17-,27-25-,30-28-,36-31-,43-41-. The summed E-state index contributed by atoms with van der Waals surface area (Å²) in [5, 5.41) is 0. The zero-order valence-electron chi connectivity index (χ0n) is 49.6. The second-order valence-electron chi connectivity index (χ2n) is 21.3. The molecule has 0 spiro atoms. The number of ether oxygens (including phenoxy) is 3. The number of hydrogen-bond acceptors (Lipinski definition) is 6. The Hall–Kier alpha value is -3.41. The van der Waals surface area contributed by atoms with E-state index in [1.807, 2.05) is 0 Å². The van der Waals surface area contributed by atoms with Crippen LogP contribution in [0.3, 0.4) is 0 Å². The molecule has 0 heterocycles. The van der Waals surface area contributed by atoms with Crippen LogP contribution in [0, 0.1) is 0 Å². The molecule has 0 saturated carbocycles. The molecule has 0 bridgehead atoms. The molecule has 0 aromatic rings. The lowest BCUT2D eigenvalue weighted by molar-refractivity contribution is -0.167. The van der Waals surface area contributed by atoms with Crippen molar-refractivity contribution in [3.8, 4) is 0 Å². The van der Waals surface area contributed by atoms with Crippen LogP contribution in [-0.4, -0.2) is 37.2 Å². The molecule has 75 heavy (non-hydrogen) atoms. The lowest BCUT2D eigenvalue weighted by atomic mass is 10.0. The predicted octanol–water partition coefficient (Wildman–Crippen LogP) is 21.9. The van der Waals surface area contributed by atoms with E-state index in [9.17, 15) is 14.4 Å². The summed E-state index contributed by atoms with van der Waals surface area (Å²) >= 11 is 0. The second kappa shape index (κ2) is 63.1. The highest BCUT2D eigenvalue weighted by Crippen LogP contribution is 2.16. The number of carbonyl (C=O) groups excluding carboxylic acids is 3. The highest BCUT2D eigenvalue weighted by molar-refractivity contribution is 5.71. The molecule has 0 saturated heterocycles. The summed E-state index contributed by atoms with van der Waals surface area (Å²) in [6, 6.07) is 0. The fraction of sp³-hybridized carbons (Fsp3) is 0.754. The first-order valence-electron chi connectivity index (χ1n) is 32.1. The fourth-order valence-electron chi connectivity index (χ4n) is 9.03. The Morgan fingerprint density at radius 3 is 0.867 bits per heavy atom. The van der Waals surface area contributed by atoms with Crippen LogP contribution in [0.4, 0.5) is 0 Å². The molecule has 432 valence electrons. The molecule has 6 nitrogen and oxygen atoms in total. The van der Waals surface area contributed by atoms with Crippen molar-refractivity contribution >= 4 is 17.9 Å². The Bertz CT molecular complexity index is 1430. The molecule has 0 amide bonds. The van der Waals surface area contributed by atoms with Gasteiger partial charge < -0.3 is 14.2 Å². The van der Waals surface area contributed by atoms with Crippen LogP contribution in [0.5, 0.6) is 0 Å². The van der Waals surface area contributed by atoms with Gasteiger partial charge in [0.1, 0.15) is 13.2 Å². The molecule has 0 aliphatic carbocycles. The normalized spacial score (nSPS) is 12.6. The highest BCUT2D eigenvalue weighted by atomic mass is 16.6. The lowest BCUT2D eigenvalue weighted by Crippen LogP contribution is -2.30. The van der Waals surface area contributed by atoms with Gasteiger partial charge in [-0.05, 0) is 109 Å². The largest absolute Gasteiger partial charge is 0.462 e. The summed E-state index contributed by atoms with van der Waals surface area (Å²) in [5.74, 6) is -0.905. The van der Waals surface area contributed by atoms with Gasteiger partial charge in [-0.15, -0.1) is 0 Å². The Balaban J connectivity index is 4.29. The molecule has 0 aliphatic rings. The van der Waals surface area contributed by atoms with Crippen LogP contribution in [-0.2, 0) is 28.6 Å². The second-order valence-corrected chi connectivity index (χ2v) is 21.3. The predicted molar refractivity (Wildman–Crippen MR) is 325 cm³/mol. The molecule has 0 aromatic carbocycles. The first kappa shape index (κ1) is 71.6. The van der Waals surface area contributed by atoms with Crippen molar-refractivity contribution in [1.29, 1.82) is 0 Å². The van der Waals surface area contributed by atoms with Gasteiger partial charge >= 0.3 is 17.9 Å². The number of unbranched alkanes of at least 4 members (excludes halogenated alkanes) is 33. The van der Waals surface area contributed by atoms with Gasteiger partial charge in [0.2, 0.25) is 0 Å². The topological polar surface area (TPSA) is 78.9 Å². The number of rotatable bonds is 58. The minimum Gasteiger partial charge on any atom is -0.462 e. The number of carbonyl (C=O) groups is 3. The van der Waals surface area contributed by atoms with Crippen LogP contribution in [0.15, 0.2) is 85.1 Å². The average Bonchev–Trinajstić information content (AvgIpc) is 3.41. The first-order valence-corrected chi connectivity index (χ1v) is 32.1. The molecule has 0 aliphatic heterocycles. The van der Waals surface area contributed by atoms with E-state index in [1.165, 1.54) is 161 Å². The van der Waals surface area contributed by atoms with Gasteiger partial charge in [0, 0.05) is 19.3 Å². The van der Waals surface area contributed by atoms with Gasteiger partial charge in [0.25, 0.3) is 0 Å². The van der Waals surface area contributed by atoms with Crippen LogP contribution in [0.2, 0.25) is 0 Å². The van der Waals surface area contributed by atoms with Crippen LogP contribution >= 0.6 is 0 Å². The van der Waals surface area contributed by atoms with Crippen molar-refractivity contribution in [3.63, 3.8) is 0 Å². The van der Waals surface area contributed by atoms with Gasteiger partial charge in [0.15, 0.2) is 6.10 Å². The number of hydrogen-bond donors (Lipinski definition) is 0. The Morgan fingerprint density at radius 1 is 0.280 bits per heavy atom. The summed E-state index contributed by atoms with van der Waals surface area (Å²) in [7, 11) is 0. The maximum Gasteiger partial charge on any atom is 0.306 e. The van der Waals surface area contributed by atoms with Crippen LogP contribution in [0.1, 0.15) is 316 Å². The molecular formula is C69H120O6. The summed E-state index contributed by atoms with van der Waals surface area (Å²) in [6.07, 6.45) is 83.1. The SMILES string of the molecule is CC/C=C\C/C=C\C/C=C\C/C=C\C/C=C\CCCCCCCC(=O)OC(COC(=O)CCCCCCC/C=C\CCCC)COC(=O)CCCCCCCCCCCCCCC/C=C\CCCCCCCCCC. The molecule has 0 N–H and O–H groups in total. The van der Waals surface area contributed by atoms with E-state index in [0.717, 1.165) is 116 Å². The molecule has 1 unspecified atom stereocenters. The third-order valence-electron chi connectivity index (χ3n) is 13.9. The molecule has 0 fully saturated rings. The smallest absolute Gasteiger partial charge is 0.306 e. The van der Waals surface area contributed by atoms with Gasteiger partial charge in [-0.25, -0.2) is 0 Å². The molecule has 0 aromatic heterocycles. The van der Waals surface area contributed by atoms with E-state index in [4.69, 9.17) is 14.2 Å². The van der Waals surface area contributed by atoms with E-state index < -0.39 is 6.10 Å². The summed E-state index contributed by atoms with van der Waals surface area (Å²) in [6.45, 7) is 6.49. The lowest BCUT2D eigenvalue weighted by Gasteiger charge is -2.18. The van der Waals surface area contributed by atoms with Crippen molar-refractivity contribution in [3.05, 3.63) is 85.1 Å². The number of esters is 3. The van der Waals surface area contributed by atoms with Crippen LogP contribution < -0.4 is 0 Å². The molecule has 1 atom stereocenters. The van der Waals surface area contributed by atoms with E-state index in [1.54, 1.807) is 0 Å². The maximum absolute atomic E-state index is 12.9. The molecule has 0 radical (unpaired) electrons. The van der Waals surface area contributed by atoms with E-state index in [2.05, 4.69) is 106 Å². The zero-order valence-corrected chi connectivity index (χ0v) is 49.6. The van der Waals surface area contributed by atoms with Gasteiger partial charge in [0.05, 0.1) is 0 Å². The summed E-state index contributed by atoms with van der Waals surface area (Å²) in [4.78, 5) is 38.2. The minimum atomic E-state index is -0.791. The van der Waals surface area contributed by atoms with E-state index in [0.29, 0.717) is 19.3 Å². The van der Waals surface area contributed by atoms with Crippen molar-refractivity contribution < 1.29 is 28.6 Å². The first-order chi connectivity index (χ1) is 37.0. The molecule has 0 rings (SSSR count). The van der Waals surface area contributed by atoms with Gasteiger partial charge in [-0.1, -0.05) is 273 Å². The Kier molecular flexibility index (Phi) is 60.3. The third-order valence-corrected chi connectivity index (χ3v) is 13.9. The van der Waals surface area contributed by atoms with Crippen LogP contribution in [0.25, 0.3) is 0 Å². The van der Waals surface area contributed by atoms with Crippen molar-refractivity contribution in [2.45, 2.75) is 322 Å². The zero-order chi connectivity index (χ0) is 54.3. The average molecular weight is 1050 g/mol. The summed E-state index contributed by atoms with van der Waals surface area (Å²) < 4.78 is 16.9. The molecule has 6 heteroatoms. The summed E-state index contributed by atoms with van der Waals surface area (Å²) in [5.41, 5.74) is 0. The Labute approximate surface area is 465 Å². The molecular weight excluding hydrogens is 925 g/mol. The Morgan fingerprint density at radius 2 is 0.533 bits per heavy atom. The van der Waals surface area contributed by atoms with Gasteiger partial charge in [-0.3, -0.25) is 14.4 Å². The fourth-order valence-corrected chi connectivity index (χ4v) is 9.03. The quantitative estimate of drug-likeness (QED) is 0.0261. The maximum atomic E-state index is 12.9. The highest BCUT2D eigenvalue weighted by Gasteiger charge is 2.19. The van der Waals surface area contributed by atoms with E-state index >= 15 is 0 Å². The van der Waals surface area contributed by atoms with Gasteiger partial charge in [-0.2, -0.15) is 0 Å². The number of allylic oxidation sites excluding steroid dienone is 14. The monoisotopic (exact) mass is 1040 g/mol. The minimum absolute atomic E-state index is 0.0860. The van der Waals surface area contributed by atoms with Crippen molar-refractivity contribution in [1.82, 2.24) is 0 Å². The van der Waals surface area contributed by atoms with Crippen molar-refractivity contribution in [2.24, 2.45) is 0 Å². The van der Waals surface area contributed by atoms with Crippen molar-refractivity contribution in [2.75, 3.05) is 13.2 Å². The third kappa shape index (κ3) is 61.3. The van der Waals surface area contributed by atoms with E-state index in [-0.39, 0.29) is 31.1 Å².